The molecule has 19 heavy (non-hydrogen) atoms. The van der Waals surface area contributed by atoms with Gasteiger partial charge in [-0.15, -0.1) is 6.58 Å². The Kier molecular flexibility index (Phi) is 4.08. The first kappa shape index (κ1) is 13.8. The van der Waals surface area contributed by atoms with Gasteiger partial charge in [-0.2, -0.15) is 5.10 Å². The fourth-order valence-electron chi connectivity index (χ4n) is 2.19. The van der Waals surface area contributed by atoms with Crippen LogP contribution in [0.5, 0.6) is 0 Å². The molecule has 3 nitrogen and oxygen atoms in total. The van der Waals surface area contributed by atoms with Crippen molar-refractivity contribution in [3.8, 4) is 5.69 Å². The standard InChI is InChI=1S/C15H17ClN2O/c1-4-13(11(3)19)14-10(2)17-18(15(14)16)12-8-6-5-7-9-12/h4-9,11,13,19H,1H2,2-3H3/t11-,13+/m1/s1. The predicted molar refractivity (Wildman–Crippen MR) is 77.9 cm³/mol. The molecular formula is C15H17ClN2O. The number of aromatic nitrogens is 2. The van der Waals surface area contributed by atoms with E-state index in [4.69, 9.17) is 11.6 Å². The van der Waals surface area contributed by atoms with E-state index in [0.29, 0.717) is 5.15 Å². The third kappa shape index (κ3) is 2.57. The molecule has 0 aliphatic rings. The van der Waals surface area contributed by atoms with Crippen molar-refractivity contribution in [2.75, 3.05) is 0 Å². The minimum absolute atomic E-state index is 0.218. The molecule has 100 valence electrons. The molecule has 0 amide bonds. The van der Waals surface area contributed by atoms with E-state index in [9.17, 15) is 5.11 Å². The Labute approximate surface area is 118 Å². The summed E-state index contributed by atoms with van der Waals surface area (Å²) in [6.45, 7) is 7.38. The molecule has 2 atom stereocenters. The normalized spacial score (nSPS) is 14.1. The average molecular weight is 277 g/mol. The van der Waals surface area contributed by atoms with Gasteiger partial charge in [-0.05, 0) is 26.0 Å². The van der Waals surface area contributed by atoms with Gasteiger partial charge in [0, 0.05) is 11.5 Å². The highest BCUT2D eigenvalue weighted by atomic mass is 35.5. The topological polar surface area (TPSA) is 38.0 Å². The summed E-state index contributed by atoms with van der Waals surface area (Å²) in [5.41, 5.74) is 2.53. The molecule has 0 fully saturated rings. The third-order valence-corrected chi connectivity index (χ3v) is 3.52. The average Bonchev–Trinajstić information content (AvgIpc) is 2.68. The van der Waals surface area contributed by atoms with E-state index in [1.165, 1.54) is 0 Å². The van der Waals surface area contributed by atoms with Crippen LogP contribution in [0.15, 0.2) is 43.0 Å². The number of hydrogen-bond donors (Lipinski definition) is 1. The Hall–Kier alpha value is -1.58. The van der Waals surface area contributed by atoms with Crippen LogP contribution in [0.3, 0.4) is 0 Å². The first-order chi connectivity index (χ1) is 9.06. The van der Waals surface area contributed by atoms with Crippen molar-refractivity contribution >= 4 is 11.6 Å². The summed E-state index contributed by atoms with van der Waals surface area (Å²) in [7, 11) is 0. The van der Waals surface area contributed by atoms with Crippen molar-refractivity contribution in [1.29, 1.82) is 0 Å². The number of aliphatic hydroxyl groups is 1. The van der Waals surface area contributed by atoms with Gasteiger partial charge >= 0.3 is 0 Å². The summed E-state index contributed by atoms with van der Waals surface area (Å²) in [5, 5.41) is 14.8. The maximum absolute atomic E-state index is 9.83. The molecule has 2 aromatic rings. The van der Waals surface area contributed by atoms with E-state index < -0.39 is 6.10 Å². The Morgan fingerprint density at radius 2 is 2.00 bits per heavy atom. The first-order valence-corrected chi connectivity index (χ1v) is 6.55. The van der Waals surface area contributed by atoms with Crippen LogP contribution in [-0.4, -0.2) is 21.0 Å². The molecule has 4 heteroatoms. The molecule has 0 unspecified atom stereocenters. The van der Waals surface area contributed by atoms with Crippen molar-refractivity contribution in [3.63, 3.8) is 0 Å². The van der Waals surface area contributed by atoms with Gasteiger partial charge in [0.15, 0.2) is 0 Å². The Balaban J connectivity index is 2.54. The minimum Gasteiger partial charge on any atom is -0.392 e. The van der Waals surface area contributed by atoms with Gasteiger partial charge in [0.25, 0.3) is 0 Å². The first-order valence-electron chi connectivity index (χ1n) is 6.17. The highest BCUT2D eigenvalue weighted by Gasteiger charge is 2.24. The lowest BCUT2D eigenvalue weighted by Crippen LogP contribution is -2.13. The van der Waals surface area contributed by atoms with Gasteiger partial charge < -0.3 is 5.11 Å². The minimum atomic E-state index is -0.554. The molecule has 1 aromatic heterocycles. The molecule has 1 N–H and O–H groups in total. The van der Waals surface area contributed by atoms with E-state index >= 15 is 0 Å². The van der Waals surface area contributed by atoms with Gasteiger partial charge in [-0.3, -0.25) is 0 Å². The van der Waals surface area contributed by atoms with E-state index in [1.807, 2.05) is 37.3 Å². The maximum Gasteiger partial charge on any atom is 0.137 e. The second-order valence-corrected chi connectivity index (χ2v) is 4.90. The molecule has 0 radical (unpaired) electrons. The second kappa shape index (κ2) is 5.59. The summed E-state index contributed by atoms with van der Waals surface area (Å²) in [6, 6.07) is 9.68. The van der Waals surface area contributed by atoms with Crippen LogP contribution in [0.2, 0.25) is 5.15 Å². The van der Waals surface area contributed by atoms with E-state index in [2.05, 4.69) is 11.7 Å². The lowest BCUT2D eigenvalue weighted by Gasteiger charge is -2.15. The SMILES string of the molecule is C=C[C@H](c1c(C)nn(-c2ccccc2)c1Cl)[C@@H](C)O. The number of hydrogen-bond acceptors (Lipinski definition) is 2. The van der Waals surface area contributed by atoms with Crippen LogP contribution in [0, 0.1) is 6.92 Å². The van der Waals surface area contributed by atoms with E-state index in [0.717, 1.165) is 16.9 Å². The summed E-state index contributed by atoms with van der Waals surface area (Å²) < 4.78 is 1.69. The molecule has 0 aliphatic carbocycles. The van der Waals surface area contributed by atoms with Gasteiger partial charge in [0.05, 0.1) is 17.5 Å². The molecule has 0 saturated carbocycles. The molecule has 1 aromatic carbocycles. The second-order valence-electron chi connectivity index (χ2n) is 4.54. The number of para-hydroxylation sites is 1. The number of rotatable bonds is 4. The third-order valence-electron chi connectivity index (χ3n) is 3.16. The number of aryl methyl sites for hydroxylation is 1. The van der Waals surface area contributed by atoms with Crippen molar-refractivity contribution in [2.45, 2.75) is 25.9 Å². The van der Waals surface area contributed by atoms with Crippen molar-refractivity contribution in [2.24, 2.45) is 0 Å². The predicted octanol–water partition coefficient (Wildman–Crippen LogP) is 3.48. The lowest BCUT2D eigenvalue weighted by molar-refractivity contribution is 0.179. The molecule has 0 bridgehead atoms. The summed E-state index contributed by atoms with van der Waals surface area (Å²) in [4.78, 5) is 0. The Morgan fingerprint density at radius 3 is 2.53 bits per heavy atom. The zero-order valence-corrected chi connectivity index (χ0v) is 11.8. The van der Waals surface area contributed by atoms with Crippen molar-refractivity contribution in [1.82, 2.24) is 9.78 Å². The van der Waals surface area contributed by atoms with Gasteiger partial charge in [-0.1, -0.05) is 35.9 Å². The van der Waals surface area contributed by atoms with Crippen LogP contribution < -0.4 is 0 Å². The Bertz CT molecular complexity index is 575. The smallest absolute Gasteiger partial charge is 0.137 e. The monoisotopic (exact) mass is 276 g/mol. The fourth-order valence-corrected chi connectivity index (χ4v) is 2.58. The zero-order chi connectivity index (χ0) is 14.0. The number of aliphatic hydroxyl groups excluding tert-OH is 1. The lowest BCUT2D eigenvalue weighted by atomic mass is 9.95. The van der Waals surface area contributed by atoms with Crippen LogP contribution in [0.25, 0.3) is 5.69 Å². The van der Waals surface area contributed by atoms with Crippen LogP contribution >= 0.6 is 11.6 Å². The Morgan fingerprint density at radius 1 is 1.37 bits per heavy atom. The molecule has 2 rings (SSSR count). The number of benzene rings is 1. The summed E-state index contributed by atoms with van der Waals surface area (Å²) in [6.07, 6.45) is 1.15. The molecule has 0 aliphatic heterocycles. The quantitative estimate of drug-likeness (QED) is 0.868. The highest BCUT2D eigenvalue weighted by molar-refractivity contribution is 6.30. The number of nitrogens with zero attached hydrogens (tertiary/aromatic N) is 2. The van der Waals surface area contributed by atoms with Crippen molar-refractivity contribution in [3.05, 3.63) is 59.4 Å². The number of halogens is 1. The van der Waals surface area contributed by atoms with E-state index in [1.54, 1.807) is 17.7 Å². The van der Waals surface area contributed by atoms with Crippen LogP contribution in [-0.2, 0) is 0 Å². The van der Waals surface area contributed by atoms with Crippen LogP contribution in [0.1, 0.15) is 24.1 Å². The maximum atomic E-state index is 9.83. The molecular weight excluding hydrogens is 260 g/mol. The molecule has 1 heterocycles. The van der Waals surface area contributed by atoms with Gasteiger partial charge in [-0.25, -0.2) is 4.68 Å². The van der Waals surface area contributed by atoms with Gasteiger partial charge in [0.2, 0.25) is 0 Å². The van der Waals surface area contributed by atoms with E-state index in [-0.39, 0.29) is 5.92 Å². The highest BCUT2D eigenvalue weighted by Crippen LogP contribution is 2.32. The van der Waals surface area contributed by atoms with Gasteiger partial charge in [0.1, 0.15) is 5.15 Å². The largest absolute Gasteiger partial charge is 0.392 e. The van der Waals surface area contributed by atoms with Crippen LogP contribution in [0.4, 0.5) is 0 Å². The summed E-state index contributed by atoms with van der Waals surface area (Å²) >= 11 is 6.42. The molecule has 0 saturated heterocycles. The van der Waals surface area contributed by atoms with Crippen molar-refractivity contribution < 1.29 is 5.11 Å². The molecule has 0 spiro atoms. The fraction of sp³-hybridized carbons (Fsp3) is 0.267. The summed E-state index contributed by atoms with van der Waals surface area (Å²) in [5.74, 6) is -0.218. The zero-order valence-electron chi connectivity index (χ0n) is 11.0.